The molecule has 7 nitrogen and oxygen atoms in total. The van der Waals surface area contributed by atoms with Crippen LogP contribution in [-0.2, 0) is 14.4 Å². The summed E-state index contributed by atoms with van der Waals surface area (Å²) in [5.74, 6) is -3.89. The van der Waals surface area contributed by atoms with Gasteiger partial charge in [-0.25, -0.2) is 0 Å². The highest BCUT2D eigenvalue weighted by Crippen LogP contribution is 2.22. The lowest BCUT2D eigenvalue weighted by atomic mass is 10.0. The van der Waals surface area contributed by atoms with Crippen LogP contribution < -0.4 is 0 Å². The van der Waals surface area contributed by atoms with Gasteiger partial charge in [0, 0.05) is 19.3 Å². The van der Waals surface area contributed by atoms with Crippen molar-refractivity contribution in [3.05, 3.63) is 0 Å². The van der Waals surface area contributed by atoms with E-state index in [1.54, 1.807) is 20.8 Å². The molecule has 0 aliphatic heterocycles. The van der Waals surface area contributed by atoms with Crippen molar-refractivity contribution in [2.24, 2.45) is 17.8 Å². The number of hydrogen-bond donors (Lipinski definition) is 3. The number of rotatable bonds is 34. The molecule has 3 unspecified atom stereocenters. The quantitative estimate of drug-likeness (QED) is 0.0476. The third-order valence-electron chi connectivity index (χ3n) is 10.1. The lowest BCUT2D eigenvalue weighted by molar-refractivity contribution is -0.929. The molecule has 0 amide bonds. The van der Waals surface area contributed by atoms with Gasteiger partial charge in [-0.3, -0.25) is 14.4 Å². The Morgan fingerprint density at radius 1 is 0.400 bits per heavy atom. The summed E-state index contributed by atoms with van der Waals surface area (Å²) in [4.78, 5) is 34.6. The van der Waals surface area contributed by atoms with Crippen molar-refractivity contribution in [1.82, 2.24) is 0 Å². The predicted molar refractivity (Wildman–Crippen MR) is 187 cm³/mol. The topological polar surface area (TPSA) is 112 Å². The highest BCUT2D eigenvalue weighted by atomic mass is 16.4. The second-order valence-corrected chi connectivity index (χ2v) is 14.4. The van der Waals surface area contributed by atoms with Crippen molar-refractivity contribution in [3.8, 4) is 0 Å². The van der Waals surface area contributed by atoms with Crippen molar-refractivity contribution >= 4 is 17.9 Å². The maximum Gasteiger partial charge on any atom is 0.306 e. The average molecular weight is 641 g/mol. The van der Waals surface area contributed by atoms with Gasteiger partial charge in [-0.15, -0.1) is 0 Å². The van der Waals surface area contributed by atoms with E-state index in [2.05, 4.69) is 6.92 Å². The van der Waals surface area contributed by atoms with E-state index >= 15 is 0 Å². The fourth-order valence-electron chi connectivity index (χ4n) is 6.32. The third kappa shape index (κ3) is 25.2. The average Bonchev–Trinajstić information content (AvgIpc) is 3.01. The summed E-state index contributed by atoms with van der Waals surface area (Å²) in [5, 5.41) is 28.4. The number of aliphatic carboxylic acids is 3. The van der Waals surface area contributed by atoms with Gasteiger partial charge in [0.1, 0.15) is 0 Å². The zero-order chi connectivity index (χ0) is 33.8. The fraction of sp³-hybridized carbons (Fsp3) is 0.921. The molecule has 0 aromatic rings. The summed E-state index contributed by atoms with van der Waals surface area (Å²) in [6.07, 6.45) is 29.6. The Morgan fingerprint density at radius 2 is 0.622 bits per heavy atom. The Labute approximate surface area is 277 Å². The fourth-order valence-corrected chi connectivity index (χ4v) is 6.32. The smallest absolute Gasteiger partial charge is 0.306 e. The second-order valence-electron chi connectivity index (χ2n) is 14.4. The second kappa shape index (κ2) is 28.6. The third-order valence-corrected chi connectivity index (χ3v) is 10.1. The highest BCUT2D eigenvalue weighted by molar-refractivity contribution is 5.70. The zero-order valence-electron chi connectivity index (χ0n) is 30.0. The van der Waals surface area contributed by atoms with Crippen LogP contribution in [0, 0.1) is 17.8 Å². The number of quaternary nitrogens is 1. The minimum atomic E-state index is -0.819. The molecule has 0 fully saturated rings. The minimum absolute atomic E-state index is 0.476. The number of carbonyl (C=O) groups is 3. The van der Waals surface area contributed by atoms with Crippen LogP contribution in [0.1, 0.15) is 182 Å². The minimum Gasteiger partial charge on any atom is -0.481 e. The largest absolute Gasteiger partial charge is 0.481 e. The molecular formula is C38H74NO6+. The lowest BCUT2D eigenvalue weighted by Gasteiger charge is -2.40. The molecule has 7 heteroatoms. The molecule has 0 aromatic heterocycles. The molecule has 0 aromatic carbocycles. The lowest BCUT2D eigenvalue weighted by Crippen LogP contribution is -2.52. The normalized spacial score (nSPS) is 14.9. The van der Waals surface area contributed by atoms with E-state index in [1.807, 2.05) is 0 Å². The van der Waals surface area contributed by atoms with Gasteiger partial charge in [0.2, 0.25) is 0 Å². The maximum absolute atomic E-state index is 11.5. The molecule has 0 spiro atoms. The van der Waals surface area contributed by atoms with Crippen LogP contribution in [0.3, 0.4) is 0 Å². The van der Waals surface area contributed by atoms with Crippen molar-refractivity contribution in [2.45, 2.75) is 182 Å². The summed E-state index contributed by atoms with van der Waals surface area (Å²) in [5.41, 5.74) is 0. The maximum atomic E-state index is 11.5. The van der Waals surface area contributed by atoms with E-state index in [1.165, 1.54) is 122 Å². The van der Waals surface area contributed by atoms with Gasteiger partial charge in [-0.05, 0) is 12.8 Å². The Bertz CT molecular complexity index is 682. The molecule has 266 valence electrons. The Balaban J connectivity index is 4.29. The van der Waals surface area contributed by atoms with E-state index < -0.39 is 35.7 Å². The van der Waals surface area contributed by atoms with Crippen LogP contribution >= 0.6 is 0 Å². The Morgan fingerprint density at radius 3 is 0.844 bits per heavy atom. The molecule has 0 aliphatic rings. The van der Waals surface area contributed by atoms with Crippen LogP contribution in [-0.4, -0.2) is 63.9 Å². The van der Waals surface area contributed by atoms with Crippen LogP contribution in [0.15, 0.2) is 0 Å². The summed E-state index contributed by atoms with van der Waals surface area (Å²) in [7, 11) is 0. The van der Waals surface area contributed by atoms with E-state index in [9.17, 15) is 29.7 Å². The molecule has 3 N–H and O–H groups in total. The van der Waals surface area contributed by atoms with Crippen LogP contribution in [0.4, 0.5) is 0 Å². The first-order valence-electron chi connectivity index (χ1n) is 19.1. The summed E-state index contributed by atoms with van der Waals surface area (Å²) >= 11 is 0. The standard InChI is InChI=1S/C38H73NO6/c1-5-6-7-8-9-10-11-12-13-14-15-16-17-18-19-20-21-22-23-24-25-29-39(30-26-33(2)36(40)41,31-27-34(3)37(42)43)32-28-35(4)38(44)45/h33-35H,5-32H2,1-4H3,(H2-,40,41,42,43,44,45)/p+1. The van der Waals surface area contributed by atoms with Crippen molar-refractivity contribution in [1.29, 1.82) is 0 Å². The Kier molecular flexibility index (Phi) is 27.5. The van der Waals surface area contributed by atoms with Gasteiger partial charge < -0.3 is 19.8 Å². The van der Waals surface area contributed by atoms with Crippen molar-refractivity contribution in [3.63, 3.8) is 0 Å². The molecule has 0 radical (unpaired) electrons. The molecular weight excluding hydrogens is 566 g/mol. The van der Waals surface area contributed by atoms with E-state index in [0.29, 0.717) is 43.4 Å². The molecule has 3 atom stereocenters. The summed E-state index contributed by atoms with van der Waals surface area (Å²) in [6.45, 7) is 10.2. The molecule has 0 saturated heterocycles. The van der Waals surface area contributed by atoms with E-state index in [0.717, 1.165) is 19.4 Å². The molecule has 0 aliphatic carbocycles. The van der Waals surface area contributed by atoms with Crippen LogP contribution in [0.25, 0.3) is 0 Å². The first-order chi connectivity index (χ1) is 21.5. The summed E-state index contributed by atoms with van der Waals surface area (Å²) in [6, 6.07) is 0. The van der Waals surface area contributed by atoms with Gasteiger partial charge in [-0.1, -0.05) is 150 Å². The van der Waals surface area contributed by atoms with Crippen molar-refractivity contribution in [2.75, 3.05) is 26.2 Å². The van der Waals surface area contributed by atoms with Crippen molar-refractivity contribution < 1.29 is 34.2 Å². The number of nitrogens with zero attached hydrogens (tertiary/aromatic N) is 1. The van der Waals surface area contributed by atoms with E-state index in [4.69, 9.17) is 0 Å². The number of hydrogen-bond acceptors (Lipinski definition) is 3. The van der Waals surface area contributed by atoms with Gasteiger partial charge in [-0.2, -0.15) is 0 Å². The summed E-state index contributed by atoms with van der Waals surface area (Å²) < 4.78 is 0.617. The number of carboxylic acids is 3. The monoisotopic (exact) mass is 641 g/mol. The first kappa shape index (κ1) is 43.4. The first-order valence-corrected chi connectivity index (χ1v) is 19.1. The van der Waals surface area contributed by atoms with Gasteiger partial charge >= 0.3 is 17.9 Å². The molecule has 0 bridgehead atoms. The van der Waals surface area contributed by atoms with E-state index in [-0.39, 0.29) is 0 Å². The number of carboxylic acid groups (broad SMARTS) is 3. The molecule has 0 rings (SSSR count). The van der Waals surface area contributed by atoms with Gasteiger partial charge in [0.05, 0.1) is 43.9 Å². The molecule has 0 heterocycles. The van der Waals surface area contributed by atoms with Crippen LogP contribution in [0.2, 0.25) is 0 Å². The number of unbranched alkanes of at least 4 members (excludes halogenated alkanes) is 20. The highest BCUT2D eigenvalue weighted by Gasteiger charge is 2.31. The molecule has 0 saturated carbocycles. The SMILES string of the molecule is CCCCCCCCCCCCCCCCCCCCCCC[N+](CCC(C)C(=O)O)(CCC(C)C(=O)O)CCC(C)C(=O)O. The Hall–Kier alpha value is -1.63. The zero-order valence-corrected chi connectivity index (χ0v) is 30.0. The van der Waals surface area contributed by atoms with Gasteiger partial charge in [0.25, 0.3) is 0 Å². The molecule has 45 heavy (non-hydrogen) atoms. The van der Waals surface area contributed by atoms with Gasteiger partial charge in [0.15, 0.2) is 0 Å². The van der Waals surface area contributed by atoms with Crippen LogP contribution in [0.5, 0.6) is 0 Å². The predicted octanol–water partition coefficient (Wildman–Crippen LogP) is 10.3.